The van der Waals surface area contributed by atoms with Gasteiger partial charge in [0.15, 0.2) is 0 Å². The zero-order valence-corrected chi connectivity index (χ0v) is 12.5. The maximum absolute atomic E-state index is 12.5. The van der Waals surface area contributed by atoms with Gasteiger partial charge in [0.1, 0.15) is 17.1 Å². The van der Waals surface area contributed by atoms with Crippen LogP contribution in [-0.2, 0) is 15.1 Å². The van der Waals surface area contributed by atoms with Crippen LogP contribution in [0.5, 0.6) is 0 Å². The Morgan fingerprint density at radius 2 is 2.16 bits per heavy atom. The number of hydrogen-bond acceptors (Lipinski definition) is 4. The van der Waals surface area contributed by atoms with Crippen LogP contribution in [0, 0.1) is 0 Å². The quantitative estimate of drug-likeness (QED) is 0.913. The molecule has 1 N–H and O–H groups in total. The molecule has 6 heteroatoms. The minimum absolute atomic E-state index is 0.0326. The van der Waals surface area contributed by atoms with E-state index >= 15 is 0 Å². The zero-order valence-electron chi connectivity index (χ0n) is 11.6. The first-order chi connectivity index (χ1) is 8.89. The van der Waals surface area contributed by atoms with E-state index in [4.69, 9.17) is 0 Å². The fourth-order valence-electron chi connectivity index (χ4n) is 2.50. The van der Waals surface area contributed by atoms with Crippen molar-refractivity contribution in [1.82, 2.24) is 15.2 Å². The van der Waals surface area contributed by atoms with Crippen LogP contribution in [0.15, 0.2) is 11.6 Å². The van der Waals surface area contributed by atoms with Gasteiger partial charge in [0.05, 0.1) is 5.54 Å². The molecule has 0 bridgehead atoms. The molecule has 19 heavy (non-hydrogen) atoms. The van der Waals surface area contributed by atoms with E-state index < -0.39 is 17.6 Å². The van der Waals surface area contributed by atoms with Crippen molar-refractivity contribution in [2.24, 2.45) is 0 Å². The number of thiazole rings is 1. The molecule has 1 aliphatic rings. The summed E-state index contributed by atoms with van der Waals surface area (Å²) in [5.74, 6) is -0.133. The van der Waals surface area contributed by atoms with Crippen LogP contribution in [0.2, 0.25) is 0 Å². The molecule has 0 spiro atoms. The average Bonchev–Trinajstić information content (AvgIpc) is 2.88. The normalized spacial score (nSPS) is 24.5. The topological polar surface area (TPSA) is 62.3 Å². The predicted octanol–water partition coefficient (Wildman–Crippen LogP) is 1.50. The van der Waals surface area contributed by atoms with Gasteiger partial charge in [0, 0.05) is 11.6 Å². The smallest absolute Gasteiger partial charge is 0.246 e. The second kappa shape index (κ2) is 4.92. The van der Waals surface area contributed by atoms with Gasteiger partial charge in [-0.25, -0.2) is 4.98 Å². The number of nitrogens with one attached hydrogen (secondary N) is 1. The second-order valence-electron chi connectivity index (χ2n) is 5.25. The van der Waals surface area contributed by atoms with Crippen molar-refractivity contribution >= 4 is 23.2 Å². The molecule has 0 radical (unpaired) electrons. The monoisotopic (exact) mass is 281 g/mol. The van der Waals surface area contributed by atoms with E-state index in [1.807, 2.05) is 26.2 Å². The van der Waals surface area contributed by atoms with E-state index in [0.717, 1.165) is 5.01 Å². The molecule has 0 aliphatic carbocycles. The summed E-state index contributed by atoms with van der Waals surface area (Å²) in [6, 6.07) is -0.905. The number of piperazine rings is 1. The van der Waals surface area contributed by atoms with E-state index in [2.05, 4.69) is 10.3 Å². The number of nitrogens with zero attached hydrogens (tertiary/aromatic N) is 2. The highest BCUT2D eigenvalue weighted by Gasteiger charge is 2.46. The summed E-state index contributed by atoms with van der Waals surface area (Å²) in [5, 5.41) is 5.49. The predicted molar refractivity (Wildman–Crippen MR) is 73.7 cm³/mol. The molecule has 2 rings (SSSR count). The van der Waals surface area contributed by atoms with Crippen molar-refractivity contribution in [2.75, 3.05) is 0 Å². The maximum Gasteiger partial charge on any atom is 0.246 e. The van der Waals surface area contributed by atoms with E-state index in [1.54, 1.807) is 18.0 Å². The molecule has 2 atom stereocenters. The number of amides is 2. The van der Waals surface area contributed by atoms with Crippen molar-refractivity contribution < 1.29 is 9.59 Å². The van der Waals surface area contributed by atoms with Crippen molar-refractivity contribution in [3.8, 4) is 0 Å². The third-order valence-corrected chi connectivity index (χ3v) is 4.67. The highest BCUT2D eigenvalue weighted by Crippen LogP contribution is 2.33. The van der Waals surface area contributed by atoms with Crippen LogP contribution in [0.25, 0.3) is 0 Å². The van der Waals surface area contributed by atoms with Gasteiger partial charge in [0.25, 0.3) is 0 Å². The molecule has 1 saturated heterocycles. The Balaban J connectivity index is 2.40. The standard InChI is InChI=1S/C13H19N3O2S/c1-5-9-11(18)16(8(2)10(17)15-9)13(3,4)12-14-6-7-19-12/h6-9H,5H2,1-4H3,(H,15,17). The highest BCUT2D eigenvalue weighted by atomic mass is 32.1. The molecule has 0 aromatic carbocycles. The van der Waals surface area contributed by atoms with Crippen LogP contribution in [0.4, 0.5) is 0 Å². The Bertz CT molecular complexity index is 484. The lowest BCUT2D eigenvalue weighted by Gasteiger charge is -2.45. The highest BCUT2D eigenvalue weighted by molar-refractivity contribution is 7.09. The number of carbonyl (C=O) groups excluding carboxylic acids is 2. The molecule has 5 nitrogen and oxygen atoms in total. The van der Waals surface area contributed by atoms with Gasteiger partial charge < -0.3 is 10.2 Å². The molecular weight excluding hydrogens is 262 g/mol. The van der Waals surface area contributed by atoms with Crippen LogP contribution in [0.1, 0.15) is 39.1 Å². The van der Waals surface area contributed by atoms with Gasteiger partial charge in [-0.15, -0.1) is 11.3 Å². The fraction of sp³-hybridized carbons (Fsp3) is 0.615. The molecule has 1 aliphatic heterocycles. The van der Waals surface area contributed by atoms with Crippen LogP contribution in [0.3, 0.4) is 0 Å². The van der Waals surface area contributed by atoms with Crippen molar-refractivity contribution in [2.45, 2.75) is 51.7 Å². The molecule has 1 fully saturated rings. The summed E-state index contributed by atoms with van der Waals surface area (Å²) in [6.07, 6.45) is 2.32. The summed E-state index contributed by atoms with van der Waals surface area (Å²) in [5.41, 5.74) is -0.574. The van der Waals surface area contributed by atoms with Gasteiger partial charge in [-0.2, -0.15) is 0 Å². The molecule has 1 aromatic heterocycles. The SMILES string of the molecule is CCC1NC(=O)C(C)N(C(C)(C)c2nccs2)C1=O. The summed E-state index contributed by atoms with van der Waals surface area (Å²) in [7, 11) is 0. The molecule has 2 heterocycles. The van der Waals surface area contributed by atoms with Crippen LogP contribution >= 0.6 is 11.3 Å². The molecule has 0 saturated carbocycles. The van der Waals surface area contributed by atoms with Crippen LogP contribution in [-0.4, -0.2) is 33.8 Å². The summed E-state index contributed by atoms with van der Waals surface area (Å²) >= 11 is 1.50. The van der Waals surface area contributed by atoms with Crippen LogP contribution < -0.4 is 5.32 Å². The van der Waals surface area contributed by atoms with E-state index in [-0.39, 0.29) is 11.8 Å². The van der Waals surface area contributed by atoms with Crippen molar-refractivity contribution in [3.63, 3.8) is 0 Å². The van der Waals surface area contributed by atoms with Gasteiger partial charge >= 0.3 is 0 Å². The Labute approximate surface area is 117 Å². The Kier molecular flexibility index (Phi) is 3.62. The van der Waals surface area contributed by atoms with Gasteiger partial charge in [-0.3, -0.25) is 9.59 Å². The largest absolute Gasteiger partial charge is 0.343 e. The first-order valence-electron chi connectivity index (χ1n) is 6.43. The van der Waals surface area contributed by atoms with Gasteiger partial charge in [-0.1, -0.05) is 6.92 Å². The Morgan fingerprint density at radius 3 is 2.68 bits per heavy atom. The average molecular weight is 281 g/mol. The molecule has 2 unspecified atom stereocenters. The van der Waals surface area contributed by atoms with E-state index in [9.17, 15) is 9.59 Å². The number of aromatic nitrogens is 1. The van der Waals surface area contributed by atoms with Crippen molar-refractivity contribution in [3.05, 3.63) is 16.6 Å². The third-order valence-electron chi connectivity index (χ3n) is 3.58. The Hall–Kier alpha value is -1.43. The first kappa shape index (κ1) is 14.0. The van der Waals surface area contributed by atoms with Gasteiger partial charge in [0.2, 0.25) is 11.8 Å². The lowest BCUT2D eigenvalue weighted by Crippen LogP contribution is -2.66. The minimum Gasteiger partial charge on any atom is -0.343 e. The van der Waals surface area contributed by atoms with E-state index in [1.165, 1.54) is 11.3 Å². The molecule has 2 amide bonds. The lowest BCUT2D eigenvalue weighted by atomic mass is 9.96. The second-order valence-corrected chi connectivity index (χ2v) is 6.14. The minimum atomic E-state index is -0.574. The van der Waals surface area contributed by atoms with Gasteiger partial charge in [-0.05, 0) is 27.2 Å². The van der Waals surface area contributed by atoms with E-state index in [0.29, 0.717) is 6.42 Å². The Morgan fingerprint density at radius 1 is 1.47 bits per heavy atom. The zero-order chi connectivity index (χ0) is 14.2. The molecule has 104 valence electrons. The third kappa shape index (κ3) is 2.25. The number of carbonyl (C=O) groups is 2. The maximum atomic E-state index is 12.5. The summed E-state index contributed by atoms with van der Waals surface area (Å²) in [6.45, 7) is 7.53. The molecular formula is C13H19N3O2S. The lowest BCUT2D eigenvalue weighted by molar-refractivity contribution is -0.155. The van der Waals surface area contributed by atoms with Crippen molar-refractivity contribution in [1.29, 1.82) is 0 Å². The first-order valence-corrected chi connectivity index (χ1v) is 7.31. The summed E-state index contributed by atoms with van der Waals surface area (Å²) in [4.78, 5) is 30.5. The fourth-order valence-corrected chi connectivity index (χ4v) is 3.25. The number of hydrogen-bond donors (Lipinski definition) is 1. The molecule has 1 aromatic rings. The summed E-state index contributed by atoms with van der Waals surface area (Å²) < 4.78 is 0. The number of rotatable bonds is 3.